The van der Waals surface area contributed by atoms with Gasteiger partial charge in [-0.15, -0.1) is 0 Å². The molecule has 174 valence electrons. The summed E-state index contributed by atoms with van der Waals surface area (Å²) in [5.74, 6) is 1.73. The maximum atomic E-state index is 12.3. The van der Waals surface area contributed by atoms with E-state index in [4.69, 9.17) is 10.1 Å². The number of fused-ring (bicyclic) bond motifs is 1. The fourth-order valence-electron chi connectivity index (χ4n) is 5.86. The third-order valence-corrected chi connectivity index (χ3v) is 7.99. The number of amides is 1. The van der Waals surface area contributed by atoms with Gasteiger partial charge in [0.25, 0.3) is 0 Å². The average Bonchev–Trinajstić information content (AvgIpc) is 3.35. The predicted molar refractivity (Wildman–Crippen MR) is 127 cm³/mol. The predicted octanol–water partition coefficient (Wildman–Crippen LogP) is 4.52. The molecule has 1 aliphatic heterocycles. The van der Waals surface area contributed by atoms with Crippen molar-refractivity contribution >= 4 is 11.6 Å². The standard InChI is InChI=1S/C26H39N5O/c1-18-22(12-13-26(32)27-16-20-10-11-20)19(2)31-25(28-18)15-23(29-31)24-9-6-14-30(24)17-21-7-4-3-5-8-21/h15,20-21,24H,3-14,16-17H2,1-2H3,(H,27,32)/t24-/m1/s1. The van der Waals surface area contributed by atoms with Gasteiger partial charge in [-0.25, -0.2) is 9.50 Å². The number of aromatic nitrogens is 3. The van der Waals surface area contributed by atoms with E-state index in [1.165, 1.54) is 82.1 Å². The molecular weight excluding hydrogens is 398 g/mol. The third-order valence-electron chi connectivity index (χ3n) is 7.99. The Labute approximate surface area is 192 Å². The highest BCUT2D eigenvalue weighted by Gasteiger charge is 2.31. The van der Waals surface area contributed by atoms with Crippen LogP contribution < -0.4 is 5.32 Å². The number of carbonyl (C=O) groups is 1. The molecule has 0 aromatic carbocycles. The van der Waals surface area contributed by atoms with Gasteiger partial charge in [-0.3, -0.25) is 9.69 Å². The van der Waals surface area contributed by atoms with Gasteiger partial charge >= 0.3 is 0 Å². The lowest BCUT2D eigenvalue weighted by molar-refractivity contribution is -0.121. The van der Waals surface area contributed by atoms with Gasteiger partial charge in [0.15, 0.2) is 5.65 Å². The molecule has 2 aromatic heterocycles. The molecular formula is C26H39N5O. The monoisotopic (exact) mass is 437 g/mol. The van der Waals surface area contributed by atoms with Gasteiger partial charge in [0.1, 0.15) is 0 Å². The van der Waals surface area contributed by atoms with E-state index in [-0.39, 0.29) is 5.91 Å². The molecule has 32 heavy (non-hydrogen) atoms. The van der Waals surface area contributed by atoms with E-state index >= 15 is 0 Å². The van der Waals surface area contributed by atoms with Gasteiger partial charge in [0, 0.05) is 37.0 Å². The smallest absolute Gasteiger partial charge is 0.220 e. The number of nitrogens with one attached hydrogen (secondary N) is 1. The molecule has 2 saturated carbocycles. The zero-order valence-electron chi connectivity index (χ0n) is 19.9. The van der Waals surface area contributed by atoms with E-state index in [0.717, 1.165) is 41.8 Å². The normalized spacial score (nSPS) is 22.6. The second-order valence-electron chi connectivity index (χ2n) is 10.5. The lowest BCUT2D eigenvalue weighted by atomic mass is 9.89. The first-order valence-corrected chi connectivity index (χ1v) is 12.9. The number of hydrogen-bond donors (Lipinski definition) is 1. The van der Waals surface area contributed by atoms with Gasteiger partial charge < -0.3 is 5.32 Å². The summed E-state index contributed by atoms with van der Waals surface area (Å²) < 4.78 is 2.02. The first-order valence-electron chi connectivity index (χ1n) is 12.9. The van der Waals surface area contributed by atoms with Crippen LogP contribution in [0.25, 0.3) is 5.65 Å². The molecule has 1 N–H and O–H groups in total. The second-order valence-corrected chi connectivity index (χ2v) is 10.5. The maximum absolute atomic E-state index is 12.3. The van der Waals surface area contributed by atoms with Crippen molar-refractivity contribution in [1.29, 1.82) is 0 Å². The molecule has 5 rings (SSSR count). The van der Waals surface area contributed by atoms with Crippen molar-refractivity contribution in [2.24, 2.45) is 11.8 Å². The van der Waals surface area contributed by atoms with E-state index < -0.39 is 0 Å². The van der Waals surface area contributed by atoms with Crippen LogP contribution in [0.5, 0.6) is 0 Å². The molecule has 2 aromatic rings. The van der Waals surface area contributed by atoms with Gasteiger partial charge in [-0.05, 0) is 82.7 Å². The quantitative estimate of drug-likeness (QED) is 0.659. The zero-order chi connectivity index (χ0) is 22.1. The molecule has 6 heteroatoms. The van der Waals surface area contributed by atoms with E-state index in [0.29, 0.717) is 12.5 Å². The molecule has 3 heterocycles. The van der Waals surface area contributed by atoms with Gasteiger partial charge in [0.2, 0.25) is 5.91 Å². The minimum atomic E-state index is 0.154. The largest absolute Gasteiger partial charge is 0.356 e. The van der Waals surface area contributed by atoms with Crippen LogP contribution in [0, 0.1) is 25.7 Å². The van der Waals surface area contributed by atoms with Crippen LogP contribution in [-0.4, -0.2) is 45.0 Å². The maximum Gasteiger partial charge on any atom is 0.220 e. The number of aryl methyl sites for hydroxylation is 2. The Bertz CT molecular complexity index is 957. The van der Waals surface area contributed by atoms with Crippen molar-refractivity contribution in [2.45, 2.75) is 90.5 Å². The fraction of sp³-hybridized carbons (Fsp3) is 0.731. The van der Waals surface area contributed by atoms with Crippen LogP contribution in [0.2, 0.25) is 0 Å². The van der Waals surface area contributed by atoms with E-state index in [9.17, 15) is 4.79 Å². The number of likely N-dealkylation sites (tertiary alicyclic amines) is 1. The molecule has 6 nitrogen and oxygen atoms in total. The SMILES string of the molecule is Cc1nc2cc([C@H]3CCCN3CC3CCCCC3)nn2c(C)c1CCC(=O)NCC1CC1. The molecule has 0 bridgehead atoms. The summed E-state index contributed by atoms with van der Waals surface area (Å²) in [6.45, 7) is 7.47. The average molecular weight is 438 g/mol. The summed E-state index contributed by atoms with van der Waals surface area (Å²) in [5.41, 5.74) is 5.45. The number of carbonyl (C=O) groups excluding carboxylic acids is 1. The molecule has 1 atom stereocenters. The summed E-state index contributed by atoms with van der Waals surface area (Å²) >= 11 is 0. The highest BCUT2D eigenvalue weighted by atomic mass is 16.1. The van der Waals surface area contributed by atoms with Crippen molar-refractivity contribution in [3.63, 3.8) is 0 Å². The molecule has 3 fully saturated rings. The Kier molecular flexibility index (Phi) is 6.49. The third kappa shape index (κ3) is 4.85. The Hall–Kier alpha value is -1.95. The van der Waals surface area contributed by atoms with Crippen LogP contribution >= 0.6 is 0 Å². The fourth-order valence-corrected chi connectivity index (χ4v) is 5.86. The zero-order valence-corrected chi connectivity index (χ0v) is 19.9. The van der Waals surface area contributed by atoms with Crippen LogP contribution in [0.3, 0.4) is 0 Å². The summed E-state index contributed by atoms with van der Waals surface area (Å²) in [6, 6.07) is 2.63. The Morgan fingerprint density at radius 3 is 2.66 bits per heavy atom. The van der Waals surface area contributed by atoms with Gasteiger partial charge in [0.05, 0.1) is 11.7 Å². The number of nitrogens with zero attached hydrogens (tertiary/aromatic N) is 4. The van der Waals surface area contributed by atoms with Crippen LogP contribution in [-0.2, 0) is 11.2 Å². The van der Waals surface area contributed by atoms with E-state index in [1.807, 2.05) is 4.52 Å². The van der Waals surface area contributed by atoms with Crippen LogP contribution in [0.15, 0.2) is 6.07 Å². The van der Waals surface area contributed by atoms with Gasteiger partial charge in [-0.2, -0.15) is 5.10 Å². The number of rotatable bonds is 8. The molecule has 1 amide bonds. The number of hydrogen-bond acceptors (Lipinski definition) is 4. The van der Waals surface area contributed by atoms with Crippen molar-refractivity contribution in [2.75, 3.05) is 19.6 Å². The molecule has 3 aliphatic rings. The van der Waals surface area contributed by atoms with Crippen LogP contribution in [0.4, 0.5) is 0 Å². The molecule has 0 spiro atoms. The Morgan fingerprint density at radius 2 is 1.88 bits per heavy atom. The van der Waals surface area contributed by atoms with Gasteiger partial charge in [-0.1, -0.05) is 19.3 Å². The van der Waals surface area contributed by atoms with Crippen molar-refractivity contribution in [3.05, 3.63) is 28.7 Å². The molecule has 0 radical (unpaired) electrons. The van der Waals surface area contributed by atoms with E-state index in [1.54, 1.807) is 0 Å². The highest BCUT2D eigenvalue weighted by Crippen LogP contribution is 2.35. The highest BCUT2D eigenvalue weighted by molar-refractivity contribution is 5.76. The van der Waals surface area contributed by atoms with Crippen LogP contribution in [0.1, 0.15) is 92.9 Å². The topological polar surface area (TPSA) is 62.5 Å². The Morgan fingerprint density at radius 1 is 1.06 bits per heavy atom. The summed E-state index contributed by atoms with van der Waals surface area (Å²) in [4.78, 5) is 19.8. The minimum absolute atomic E-state index is 0.154. The first-order chi connectivity index (χ1) is 15.6. The molecule has 2 aliphatic carbocycles. The molecule has 0 unspecified atom stereocenters. The first kappa shape index (κ1) is 21.9. The lowest BCUT2D eigenvalue weighted by Gasteiger charge is -2.30. The lowest BCUT2D eigenvalue weighted by Crippen LogP contribution is -2.30. The minimum Gasteiger partial charge on any atom is -0.356 e. The Balaban J connectivity index is 1.29. The summed E-state index contributed by atoms with van der Waals surface area (Å²) in [6.07, 6.45) is 13.2. The van der Waals surface area contributed by atoms with E-state index in [2.05, 4.69) is 30.1 Å². The van der Waals surface area contributed by atoms with Crippen molar-refractivity contribution < 1.29 is 4.79 Å². The molecule has 1 saturated heterocycles. The van der Waals surface area contributed by atoms with Crippen molar-refractivity contribution in [3.8, 4) is 0 Å². The van der Waals surface area contributed by atoms with Crippen molar-refractivity contribution in [1.82, 2.24) is 24.8 Å². The summed E-state index contributed by atoms with van der Waals surface area (Å²) in [7, 11) is 0. The second kappa shape index (κ2) is 9.50. The summed E-state index contributed by atoms with van der Waals surface area (Å²) in [5, 5.41) is 8.13.